The Hall–Kier alpha value is -2.77. The van der Waals surface area contributed by atoms with E-state index in [0.717, 1.165) is 54.5 Å². The van der Waals surface area contributed by atoms with Crippen molar-refractivity contribution in [2.24, 2.45) is 7.05 Å². The molecule has 7 heteroatoms. The summed E-state index contributed by atoms with van der Waals surface area (Å²) in [4.78, 5) is 0. The Morgan fingerprint density at radius 3 is 2.73 bits per heavy atom. The van der Waals surface area contributed by atoms with E-state index in [0.29, 0.717) is 5.69 Å². The lowest BCUT2D eigenvalue weighted by molar-refractivity contribution is 0.545. The van der Waals surface area contributed by atoms with Gasteiger partial charge in [0.25, 0.3) is 0 Å². The van der Waals surface area contributed by atoms with Crippen LogP contribution in [0.5, 0.6) is 0 Å². The molecule has 0 fully saturated rings. The quantitative estimate of drug-likeness (QED) is 0.482. The van der Waals surface area contributed by atoms with Crippen LogP contribution in [0.3, 0.4) is 0 Å². The minimum absolute atomic E-state index is 0.219. The lowest BCUT2D eigenvalue weighted by Gasteiger charge is -2.17. The molecule has 5 nitrogen and oxygen atoms in total. The normalized spacial score (nSPS) is 17.6. The summed E-state index contributed by atoms with van der Waals surface area (Å²) in [6, 6.07) is 15.9. The Balaban J connectivity index is 1.56. The van der Waals surface area contributed by atoms with Crippen LogP contribution in [0.25, 0.3) is 6.08 Å². The molecule has 0 radical (unpaired) electrons. The number of nitrogens with zero attached hydrogens (tertiary/aromatic N) is 2. The van der Waals surface area contributed by atoms with Crippen molar-refractivity contribution < 1.29 is 12.8 Å². The van der Waals surface area contributed by atoms with Gasteiger partial charge >= 0.3 is 0 Å². The summed E-state index contributed by atoms with van der Waals surface area (Å²) in [7, 11) is -1.73. The highest BCUT2D eigenvalue weighted by Gasteiger charge is 2.26. The van der Waals surface area contributed by atoms with E-state index in [1.54, 1.807) is 18.2 Å². The van der Waals surface area contributed by atoms with Gasteiger partial charge < -0.3 is 0 Å². The van der Waals surface area contributed by atoms with Crippen molar-refractivity contribution in [1.29, 1.82) is 0 Å². The summed E-state index contributed by atoms with van der Waals surface area (Å²) in [5.41, 5.74) is 4.78. The van der Waals surface area contributed by atoms with Crippen LogP contribution >= 0.6 is 0 Å². The third-order valence-corrected chi connectivity index (χ3v) is 7.43. The molecule has 174 valence electrons. The van der Waals surface area contributed by atoms with Crippen molar-refractivity contribution in [2.75, 3.05) is 0 Å². The fourth-order valence-corrected chi connectivity index (χ4v) is 5.74. The van der Waals surface area contributed by atoms with E-state index in [2.05, 4.69) is 9.82 Å². The molecule has 1 aliphatic carbocycles. The number of halogens is 1. The first-order valence-corrected chi connectivity index (χ1v) is 12.9. The lowest BCUT2D eigenvalue weighted by Crippen LogP contribution is -2.24. The van der Waals surface area contributed by atoms with Gasteiger partial charge in [0.2, 0.25) is 10.0 Å². The van der Waals surface area contributed by atoms with E-state index in [1.807, 2.05) is 55.1 Å². The van der Waals surface area contributed by atoms with E-state index in [1.165, 1.54) is 11.5 Å². The number of rotatable bonds is 7. The van der Waals surface area contributed by atoms with Gasteiger partial charge in [-0.15, -0.1) is 0 Å². The second-order valence-corrected chi connectivity index (χ2v) is 10.3. The van der Waals surface area contributed by atoms with E-state index >= 15 is 0 Å². The Bertz CT molecular complexity index is 1240. The molecule has 0 bridgehead atoms. The molecule has 0 spiro atoms. The predicted octanol–water partition coefficient (Wildman–Crippen LogP) is 5.26. The van der Waals surface area contributed by atoms with Crippen LogP contribution in [-0.4, -0.2) is 18.2 Å². The summed E-state index contributed by atoms with van der Waals surface area (Å²) in [6.45, 7) is 1.82. The first-order chi connectivity index (χ1) is 15.8. The highest BCUT2D eigenvalue weighted by Crippen LogP contribution is 2.35. The molecule has 1 N–H and O–H groups in total. The van der Waals surface area contributed by atoms with Crippen molar-refractivity contribution in [3.63, 3.8) is 0 Å². The first-order valence-electron chi connectivity index (χ1n) is 11.4. The highest BCUT2D eigenvalue weighted by atomic mass is 32.2. The van der Waals surface area contributed by atoms with Crippen molar-refractivity contribution >= 4 is 16.1 Å². The number of fused-ring (bicyclic) bond motifs is 1. The zero-order valence-corrected chi connectivity index (χ0v) is 19.9. The van der Waals surface area contributed by atoms with Crippen LogP contribution in [0.4, 0.5) is 4.39 Å². The molecule has 1 heterocycles. The molecule has 0 amide bonds. The number of hydrogen-bond acceptors (Lipinski definition) is 3. The fourth-order valence-electron chi connectivity index (χ4n) is 4.73. The summed E-state index contributed by atoms with van der Waals surface area (Å²) >= 11 is 0. The molecular formula is C26H30FN3O2S. The first kappa shape index (κ1) is 23.4. The summed E-state index contributed by atoms with van der Waals surface area (Å²) in [6.07, 6.45) is 6.30. The molecule has 1 aromatic heterocycles. The van der Waals surface area contributed by atoms with Crippen LogP contribution in [0.1, 0.15) is 66.2 Å². The van der Waals surface area contributed by atoms with Crippen LogP contribution in [-0.2, 0) is 29.9 Å². The summed E-state index contributed by atoms with van der Waals surface area (Å²) in [5, 5.41) is 5.86. The molecule has 2 unspecified atom stereocenters. The molecule has 0 saturated carbocycles. The smallest absolute Gasteiger partial charge is 0.234 e. The monoisotopic (exact) mass is 467 g/mol. The maximum atomic E-state index is 13.7. The average Bonchev–Trinajstić information content (AvgIpc) is 2.95. The van der Waals surface area contributed by atoms with Crippen molar-refractivity contribution in [2.45, 2.75) is 51.0 Å². The van der Waals surface area contributed by atoms with Gasteiger partial charge in [-0.25, -0.2) is 17.5 Å². The lowest BCUT2D eigenvalue weighted by atomic mass is 9.91. The van der Waals surface area contributed by atoms with Crippen LogP contribution in [0.15, 0.2) is 60.0 Å². The number of aryl methyl sites for hydroxylation is 1. The molecular weight excluding hydrogens is 437 g/mol. The number of hydrogen-bond donors (Lipinski definition) is 1. The number of nitrogens with one attached hydrogen (secondary N) is 1. The standard InChI is InChI=1S/C26H30FN3O2S/c1-19(21-10-4-3-5-11-21)29-33(31,32)16-15-25-24-14-7-6-12-22(26(24)30(2)28-25)17-20-9-8-13-23(27)18-20/h3-5,8-11,13,15-16,18-19,22,29H,6-7,12,14,17H2,1-2H3/b16-15+. The van der Waals surface area contributed by atoms with Crippen molar-refractivity contribution in [1.82, 2.24) is 14.5 Å². The Kier molecular flexibility index (Phi) is 7.10. The third-order valence-electron chi connectivity index (χ3n) is 6.26. The minimum Gasteiger partial charge on any atom is -0.271 e. The largest absolute Gasteiger partial charge is 0.271 e. The zero-order valence-electron chi connectivity index (χ0n) is 19.0. The summed E-state index contributed by atoms with van der Waals surface area (Å²) in [5.74, 6) is -0.00537. The second-order valence-electron chi connectivity index (χ2n) is 8.75. The Labute approximate surface area is 195 Å². The van der Waals surface area contributed by atoms with Gasteiger partial charge in [-0.1, -0.05) is 48.9 Å². The van der Waals surface area contributed by atoms with Gasteiger partial charge in [0.05, 0.1) is 5.69 Å². The Morgan fingerprint density at radius 1 is 1.18 bits per heavy atom. The number of sulfonamides is 1. The van der Waals surface area contributed by atoms with E-state index in [9.17, 15) is 12.8 Å². The molecule has 1 aliphatic rings. The topological polar surface area (TPSA) is 64.0 Å². The number of aromatic nitrogens is 2. The zero-order chi connectivity index (χ0) is 23.4. The van der Waals surface area contributed by atoms with Gasteiger partial charge in [-0.05, 0) is 61.9 Å². The van der Waals surface area contributed by atoms with Gasteiger partial charge in [0.1, 0.15) is 5.82 Å². The maximum Gasteiger partial charge on any atom is 0.234 e. The SMILES string of the molecule is CC(NS(=O)(=O)/C=C/c1nn(C)c2c1CCCCC2Cc1cccc(F)c1)c1ccccc1. The van der Waals surface area contributed by atoms with E-state index in [-0.39, 0.29) is 17.8 Å². The molecule has 2 aromatic carbocycles. The molecule has 3 aromatic rings. The fraction of sp³-hybridized carbons (Fsp3) is 0.346. The van der Waals surface area contributed by atoms with Crippen LogP contribution in [0.2, 0.25) is 0 Å². The van der Waals surface area contributed by atoms with E-state index < -0.39 is 10.0 Å². The van der Waals surface area contributed by atoms with Gasteiger partial charge in [-0.3, -0.25) is 4.68 Å². The molecule has 0 aliphatic heterocycles. The van der Waals surface area contributed by atoms with Crippen molar-refractivity contribution in [3.8, 4) is 0 Å². The van der Waals surface area contributed by atoms with Gasteiger partial charge in [0.15, 0.2) is 0 Å². The molecule has 4 rings (SSSR count). The molecule has 33 heavy (non-hydrogen) atoms. The van der Waals surface area contributed by atoms with Gasteiger partial charge in [0, 0.05) is 35.7 Å². The predicted molar refractivity (Wildman–Crippen MR) is 130 cm³/mol. The third kappa shape index (κ3) is 5.78. The van der Waals surface area contributed by atoms with E-state index in [4.69, 9.17) is 0 Å². The molecule has 0 saturated heterocycles. The second kappa shape index (κ2) is 10.0. The highest BCUT2D eigenvalue weighted by molar-refractivity contribution is 7.92. The minimum atomic E-state index is -3.64. The van der Waals surface area contributed by atoms with Crippen molar-refractivity contribution in [3.05, 3.63) is 93.9 Å². The van der Waals surface area contributed by atoms with Gasteiger partial charge in [-0.2, -0.15) is 5.10 Å². The van der Waals surface area contributed by atoms with Crippen LogP contribution < -0.4 is 4.72 Å². The molecule has 2 atom stereocenters. The van der Waals surface area contributed by atoms with Crippen LogP contribution in [0, 0.1) is 5.82 Å². The maximum absolute atomic E-state index is 13.7. The Morgan fingerprint density at radius 2 is 1.97 bits per heavy atom. The number of benzene rings is 2. The average molecular weight is 468 g/mol. The summed E-state index contributed by atoms with van der Waals surface area (Å²) < 4.78 is 43.7.